The van der Waals surface area contributed by atoms with E-state index >= 15 is 0 Å². The standard InChI is InChI=1S/C9H13N/c1-4-6-9(3)7-8-10-5-2/h4-8H,2H2,1,3H3/b6-4+,9-7+,10-8?. The molecular weight excluding hydrogens is 122 g/mol. The summed E-state index contributed by atoms with van der Waals surface area (Å²) in [5.74, 6) is 0. The van der Waals surface area contributed by atoms with Crippen LogP contribution in [0.15, 0.2) is 41.6 Å². The number of rotatable bonds is 3. The zero-order valence-electron chi connectivity index (χ0n) is 6.54. The van der Waals surface area contributed by atoms with Crippen molar-refractivity contribution in [1.82, 2.24) is 0 Å². The first-order valence-electron chi connectivity index (χ1n) is 3.25. The van der Waals surface area contributed by atoms with Crippen LogP contribution in [-0.2, 0) is 0 Å². The van der Waals surface area contributed by atoms with E-state index in [0.717, 1.165) is 0 Å². The normalized spacial score (nSPS) is 13.2. The number of hydrogen-bond acceptors (Lipinski definition) is 1. The van der Waals surface area contributed by atoms with Crippen LogP contribution >= 0.6 is 0 Å². The molecule has 0 heterocycles. The van der Waals surface area contributed by atoms with Crippen molar-refractivity contribution in [3.05, 3.63) is 36.6 Å². The second-order valence-electron chi connectivity index (χ2n) is 1.89. The lowest BCUT2D eigenvalue weighted by Gasteiger charge is -1.83. The quantitative estimate of drug-likeness (QED) is 0.417. The lowest BCUT2D eigenvalue weighted by Crippen LogP contribution is -1.68. The molecule has 0 aliphatic carbocycles. The summed E-state index contributed by atoms with van der Waals surface area (Å²) in [6, 6.07) is 0. The maximum absolute atomic E-state index is 3.82. The van der Waals surface area contributed by atoms with Gasteiger partial charge in [0.2, 0.25) is 0 Å². The number of hydrogen-bond donors (Lipinski definition) is 0. The molecule has 0 amide bonds. The highest BCUT2D eigenvalue weighted by molar-refractivity contribution is 5.73. The molecule has 54 valence electrons. The van der Waals surface area contributed by atoms with Crippen LogP contribution < -0.4 is 0 Å². The summed E-state index contributed by atoms with van der Waals surface area (Å²) in [4.78, 5) is 3.82. The topological polar surface area (TPSA) is 12.4 Å². The van der Waals surface area contributed by atoms with E-state index < -0.39 is 0 Å². The first-order chi connectivity index (χ1) is 4.81. The Balaban J connectivity index is 3.90. The van der Waals surface area contributed by atoms with Gasteiger partial charge in [-0.1, -0.05) is 18.7 Å². The molecule has 0 aliphatic heterocycles. The van der Waals surface area contributed by atoms with Crippen molar-refractivity contribution in [3.63, 3.8) is 0 Å². The summed E-state index contributed by atoms with van der Waals surface area (Å²) in [6.45, 7) is 7.47. The van der Waals surface area contributed by atoms with Crippen molar-refractivity contribution >= 4 is 6.21 Å². The van der Waals surface area contributed by atoms with Crippen LogP contribution in [0.1, 0.15) is 13.8 Å². The van der Waals surface area contributed by atoms with Crippen LogP contribution in [0.2, 0.25) is 0 Å². The van der Waals surface area contributed by atoms with E-state index in [2.05, 4.69) is 11.6 Å². The highest BCUT2D eigenvalue weighted by atomic mass is 14.6. The molecule has 0 aromatic carbocycles. The predicted octanol–water partition coefficient (Wildman–Crippen LogP) is 2.72. The predicted molar refractivity (Wildman–Crippen MR) is 47.3 cm³/mol. The summed E-state index contributed by atoms with van der Waals surface area (Å²) in [7, 11) is 0. The SMILES string of the molecule is C=CN=C/C=C(C)/C=C/C. The molecule has 0 N–H and O–H groups in total. The van der Waals surface area contributed by atoms with E-state index in [1.54, 1.807) is 6.21 Å². The fourth-order valence-corrected chi connectivity index (χ4v) is 0.540. The zero-order valence-corrected chi connectivity index (χ0v) is 6.54. The molecule has 0 spiro atoms. The smallest absolute Gasteiger partial charge is 0.0270 e. The number of aliphatic imine (C=N–C) groups is 1. The first kappa shape index (κ1) is 8.89. The van der Waals surface area contributed by atoms with Crippen LogP contribution in [0, 0.1) is 0 Å². The maximum Gasteiger partial charge on any atom is 0.0270 e. The van der Waals surface area contributed by atoms with Gasteiger partial charge in [0, 0.05) is 12.4 Å². The summed E-state index contributed by atoms with van der Waals surface area (Å²) >= 11 is 0. The number of allylic oxidation sites excluding steroid dienone is 4. The Labute approximate surface area is 62.5 Å². The van der Waals surface area contributed by atoms with E-state index in [1.165, 1.54) is 11.8 Å². The van der Waals surface area contributed by atoms with Gasteiger partial charge in [-0.25, -0.2) is 0 Å². The van der Waals surface area contributed by atoms with Crippen molar-refractivity contribution in [2.45, 2.75) is 13.8 Å². The van der Waals surface area contributed by atoms with Gasteiger partial charge in [0.25, 0.3) is 0 Å². The Morgan fingerprint density at radius 1 is 1.50 bits per heavy atom. The lowest BCUT2D eigenvalue weighted by atomic mass is 10.3. The van der Waals surface area contributed by atoms with Gasteiger partial charge in [0.1, 0.15) is 0 Å². The Bertz CT molecular complexity index is 173. The number of nitrogens with zero attached hydrogens (tertiary/aromatic N) is 1. The Hall–Kier alpha value is -1.11. The molecule has 0 aromatic rings. The van der Waals surface area contributed by atoms with Gasteiger partial charge in [-0.2, -0.15) is 0 Å². The average molecular weight is 135 g/mol. The van der Waals surface area contributed by atoms with Crippen molar-refractivity contribution < 1.29 is 0 Å². The van der Waals surface area contributed by atoms with Crippen molar-refractivity contribution in [2.75, 3.05) is 0 Å². The van der Waals surface area contributed by atoms with Crippen LogP contribution in [0.5, 0.6) is 0 Å². The monoisotopic (exact) mass is 135 g/mol. The minimum absolute atomic E-state index is 1.19. The van der Waals surface area contributed by atoms with Crippen LogP contribution in [0.3, 0.4) is 0 Å². The van der Waals surface area contributed by atoms with Gasteiger partial charge < -0.3 is 0 Å². The lowest BCUT2D eigenvalue weighted by molar-refractivity contribution is 1.51. The van der Waals surface area contributed by atoms with Gasteiger partial charge in [0.05, 0.1) is 0 Å². The molecule has 10 heavy (non-hydrogen) atoms. The second kappa shape index (κ2) is 6.02. The van der Waals surface area contributed by atoms with E-state index in [-0.39, 0.29) is 0 Å². The van der Waals surface area contributed by atoms with Crippen LogP contribution in [0.4, 0.5) is 0 Å². The minimum Gasteiger partial charge on any atom is -0.265 e. The Kier molecular flexibility index (Phi) is 5.35. The molecule has 0 saturated heterocycles. The third-order valence-electron chi connectivity index (χ3n) is 0.958. The van der Waals surface area contributed by atoms with Gasteiger partial charge in [0.15, 0.2) is 0 Å². The van der Waals surface area contributed by atoms with Crippen LogP contribution in [0.25, 0.3) is 0 Å². The van der Waals surface area contributed by atoms with Gasteiger partial charge >= 0.3 is 0 Å². The molecule has 0 rings (SSSR count). The largest absolute Gasteiger partial charge is 0.265 e. The van der Waals surface area contributed by atoms with E-state index in [4.69, 9.17) is 0 Å². The van der Waals surface area contributed by atoms with Crippen molar-refractivity contribution in [1.29, 1.82) is 0 Å². The van der Waals surface area contributed by atoms with Gasteiger partial charge in [-0.05, 0) is 25.5 Å². The summed E-state index contributed by atoms with van der Waals surface area (Å²) in [5, 5.41) is 0. The molecule has 0 fully saturated rings. The van der Waals surface area contributed by atoms with Crippen LogP contribution in [-0.4, -0.2) is 6.21 Å². The molecule has 0 bridgehead atoms. The molecule has 0 saturated carbocycles. The third kappa shape index (κ3) is 5.04. The molecule has 0 radical (unpaired) electrons. The molecule has 0 aliphatic rings. The van der Waals surface area contributed by atoms with E-state index in [0.29, 0.717) is 0 Å². The molecule has 1 nitrogen and oxygen atoms in total. The van der Waals surface area contributed by atoms with E-state index in [9.17, 15) is 0 Å². The molecule has 1 heteroatoms. The third-order valence-corrected chi connectivity index (χ3v) is 0.958. The fraction of sp³-hybridized carbons (Fsp3) is 0.222. The second-order valence-corrected chi connectivity index (χ2v) is 1.89. The summed E-state index contributed by atoms with van der Waals surface area (Å²) in [5.41, 5.74) is 1.19. The molecule has 0 aromatic heterocycles. The van der Waals surface area contributed by atoms with Crippen molar-refractivity contribution in [3.8, 4) is 0 Å². The Morgan fingerprint density at radius 2 is 2.20 bits per heavy atom. The Morgan fingerprint density at radius 3 is 2.70 bits per heavy atom. The van der Waals surface area contributed by atoms with E-state index in [1.807, 2.05) is 32.1 Å². The molecule has 0 atom stereocenters. The fourth-order valence-electron chi connectivity index (χ4n) is 0.540. The minimum atomic E-state index is 1.19. The maximum atomic E-state index is 3.82. The highest BCUT2D eigenvalue weighted by Gasteiger charge is 1.73. The highest BCUT2D eigenvalue weighted by Crippen LogP contribution is 1.91. The van der Waals surface area contributed by atoms with Gasteiger partial charge in [-0.3, -0.25) is 4.99 Å². The van der Waals surface area contributed by atoms with Gasteiger partial charge in [-0.15, -0.1) is 0 Å². The van der Waals surface area contributed by atoms with Crippen molar-refractivity contribution in [2.24, 2.45) is 4.99 Å². The average Bonchev–Trinajstić information content (AvgIpc) is 1.89. The zero-order chi connectivity index (χ0) is 7.82. The molecule has 0 unspecified atom stereocenters. The summed E-state index contributed by atoms with van der Waals surface area (Å²) in [6.07, 6.45) is 9.19. The first-order valence-corrected chi connectivity index (χ1v) is 3.25. The molecular formula is C9H13N. The summed E-state index contributed by atoms with van der Waals surface area (Å²) < 4.78 is 0.